The predicted molar refractivity (Wildman–Crippen MR) is 79.9 cm³/mol. The maximum absolute atomic E-state index is 4.80. The van der Waals surface area contributed by atoms with Gasteiger partial charge in [0.2, 0.25) is 0 Å². The zero-order chi connectivity index (χ0) is 12.8. The van der Waals surface area contributed by atoms with Gasteiger partial charge in [-0.15, -0.1) is 11.3 Å². The molecule has 0 bridgehead atoms. The largest absolute Gasteiger partial charge is 0.315 e. The Kier molecular flexibility index (Phi) is 6.52. The molecule has 0 aromatic carbocycles. The lowest BCUT2D eigenvalue weighted by Crippen LogP contribution is -2.07. The van der Waals surface area contributed by atoms with E-state index >= 15 is 0 Å². The number of nitrogens with one attached hydrogen (secondary N) is 1. The van der Waals surface area contributed by atoms with Gasteiger partial charge in [0.25, 0.3) is 0 Å². The molecule has 4 heteroatoms. The Bertz CT molecular complexity index is 332. The second-order valence-corrected chi connectivity index (χ2v) is 7.70. The molecule has 0 radical (unpaired) electrons. The number of thiazole rings is 1. The molecule has 0 unspecified atom stereocenters. The van der Waals surface area contributed by atoms with Crippen LogP contribution in [0.15, 0.2) is 0 Å². The van der Waals surface area contributed by atoms with E-state index in [1.807, 2.05) is 30.1 Å². The van der Waals surface area contributed by atoms with Crippen molar-refractivity contribution in [3.05, 3.63) is 15.6 Å². The average molecular weight is 272 g/mol. The molecule has 2 nitrogen and oxygen atoms in total. The highest BCUT2D eigenvalue weighted by Gasteiger charge is 2.12. The molecule has 0 fully saturated rings. The summed E-state index contributed by atoms with van der Waals surface area (Å²) in [7, 11) is 2.00. The van der Waals surface area contributed by atoms with Crippen LogP contribution in [0.5, 0.6) is 0 Å². The molecule has 0 saturated heterocycles. The van der Waals surface area contributed by atoms with Crippen LogP contribution in [0.25, 0.3) is 0 Å². The molecule has 0 aliphatic rings. The van der Waals surface area contributed by atoms with E-state index in [9.17, 15) is 0 Å². The molecule has 1 N–H and O–H groups in total. The summed E-state index contributed by atoms with van der Waals surface area (Å²) in [5.41, 5.74) is 1.30. The highest BCUT2D eigenvalue weighted by molar-refractivity contribution is 7.99. The molecular weight excluding hydrogens is 248 g/mol. The topological polar surface area (TPSA) is 24.9 Å². The summed E-state index contributed by atoms with van der Waals surface area (Å²) in [6.07, 6.45) is 1.10. The van der Waals surface area contributed by atoms with Gasteiger partial charge in [-0.1, -0.05) is 27.7 Å². The van der Waals surface area contributed by atoms with Gasteiger partial charge in [-0.2, -0.15) is 11.8 Å². The maximum atomic E-state index is 4.80. The number of hydrogen-bond acceptors (Lipinski definition) is 4. The van der Waals surface area contributed by atoms with E-state index in [4.69, 9.17) is 4.98 Å². The van der Waals surface area contributed by atoms with Gasteiger partial charge in [-0.25, -0.2) is 4.98 Å². The lowest BCUT2D eigenvalue weighted by molar-refractivity contribution is 0.630. The van der Waals surface area contributed by atoms with Crippen molar-refractivity contribution in [2.45, 2.75) is 51.7 Å². The minimum atomic E-state index is 0.679. The molecular formula is C13H24N2S2. The third-order valence-corrected chi connectivity index (χ3v) is 4.69. The number of aromatic nitrogens is 1. The summed E-state index contributed by atoms with van der Waals surface area (Å²) in [6.45, 7) is 9.94. The van der Waals surface area contributed by atoms with Crippen molar-refractivity contribution in [2.24, 2.45) is 5.92 Å². The van der Waals surface area contributed by atoms with Crippen LogP contribution in [0.3, 0.4) is 0 Å². The lowest BCUT2D eigenvalue weighted by atomic mass is 10.1. The predicted octanol–water partition coefficient (Wildman–Crippen LogP) is 3.70. The second kappa shape index (κ2) is 7.39. The SMILES string of the molecule is CNCc1sc(CSC(C)C)nc1CC(C)C. The lowest BCUT2D eigenvalue weighted by Gasteiger charge is -2.04. The Balaban J connectivity index is 2.72. The maximum Gasteiger partial charge on any atom is 0.103 e. The fourth-order valence-corrected chi connectivity index (χ4v) is 3.47. The zero-order valence-electron chi connectivity index (χ0n) is 11.5. The first kappa shape index (κ1) is 15.0. The van der Waals surface area contributed by atoms with Gasteiger partial charge in [-0.05, 0) is 24.6 Å². The molecule has 0 aliphatic carbocycles. The molecule has 1 aromatic rings. The van der Waals surface area contributed by atoms with Gasteiger partial charge in [0.1, 0.15) is 5.01 Å². The normalized spacial score (nSPS) is 11.7. The highest BCUT2D eigenvalue weighted by Crippen LogP contribution is 2.26. The van der Waals surface area contributed by atoms with Crippen molar-refractivity contribution in [3.63, 3.8) is 0 Å². The Morgan fingerprint density at radius 2 is 2.00 bits per heavy atom. The van der Waals surface area contributed by atoms with Crippen molar-refractivity contribution in [1.82, 2.24) is 10.3 Å². The molecule has 1 heterocycles. The first-order valence-corrected chi connectivity index (χ1v) is 8.13. The third-order valence-electron chi connectivity index (χ3n) is 2.30. The van der Waals surface area contributed by atoms with Crippen molar-refractivity contribution in [1.29, 1.82) is 0 Å². The van der Waals surface area contributed by atoms with E-state index in [2.05, 4.69) is 33.0 Å². The standard InChI is InChI=1S/C13H24N2S2/c1-9(2)6-11-12(7-14-5)17-13(15-11)8-16-10(3)4/h9-10,14H,6-8H2,1-5H3. The van der Waals surface area contributed by atoms with E-state index in [-0.39, 0.29) is 0 Å². The quantitative estimate of drug-likeness (QED) is 0.819. The van der Waals surface area contributed by atoms with E-state index in [1.54, 1.807) is 0 Å². The van der Waals surface area contributed by atoms with Crippen LogP contribution in [0, 0.1) is 5.92 Å². The molecule has 0 spiro atoms. The summed E-state index contributed by atoms with van der Waals surface area (Å²) < 4.78 is 0. The smallest absolute Gasteiger partial charge is 0.103 e. The monoisotopic (exact) mass is 272 g/mol. The summed E-state index contributed by atoms with van der Waals surface area (Å²) in [4.78, 5) is 6.22. The molecule has 98 valence electrons. The van der Waals surface area contributed by atoms with Gasteiger partial charge in [0.05, 0.1) is 5.69 Å². The van der Waals surface area contributed by atoms with Crippen LogP contribution >= 0.6 is 23.1 Å². The van der Waals surface area contributed by atoms with Crippen LogP contribution in [0.4, 0.5) is 0 Å². The molecule has 0 aliphatic heterocycles. The third kappa shape index (κ3) is 5.40. The molecule has 0 atom stereocenters. The van der Waals surface area contributed by atoms with Crippen LogP contribution in [0.2, 0.25) is 0 Å². The Morgan fingerprint density at radius 1 is 1.29 bits per heavy atom. The highest BCUT2D eigenvalue weighted by atomic mass is 32.2. The van der Waals surface area contributed by atoms with Crippen molar-refractivity contribution in [3.8, 4) is 0 Å². The molecule has 0 amide bonds. The summed E-state index contributed by atoms with van der Waals surface area (Å²) in [5.74, 6) is 1.73. The first-order chi connectivity index (χ1) is 8.02. The number of thioether (sulfide) groups is 1. The van der Waals surface area contributed by atoms with Crippen LogP contribution in [0.1, 0.15) is 43.3 Å². The summed E-state index contributed by atoms with van der Waals surface area (Å²) in [6, 6.07) is 0. The van der Waals surface area contributed by atoms with Gasteiger partial charge in [0, 0.05) is 17.2 Å². The Morgan fingerprint density at radius 3 is 2.53 bits per heavy atom. The van der Waals surface area contributed by atoms with Gasteiger partial charge < -0.3 is 5.32 Å². The van der Waals surface area contributed by atoms with Crippen LogP contribution < -0.4 is 5.32 Å². The number of rotatable bonds is 7. The first-order valence-electron chi connectivity index (χ1n) is 6.26. The molecule has 1 aromatic heterocycles. The minimum Gasteiger partial charge on any atom is -0.315 e. The van der Waals surface area contributed by atoms with Gasteiger partial charge in [0.15, 0.2) is 0 Å². The van der Waals surface area contributed by atoms with Crippen molar-refractivity contribution in [2.75, 3.05) is 7.05 Å². The van der Waals surface area contributed by atoms with E-state index in [0.717, 1.165) is 18.7 Å². The summed E-state index contributed by atoms with van der Waals surface area (Å²) >= 11 is 3.84. The Labute approximate surface area is 114 Å². The zero-order valence-corrected chi connectivity index (χ0v) is 13.2. The van der Waals surface area contributed by atoms with Crippen LogP contribution in [-0.2, 0) is 18.7 Å². The Hall–Kier alpha value is -0.0600. The van der Waals surface area contributed by atoms with E-state index < -0.39 is 0 Å². The van der Waals surface area contributed by atoms with Crippen molar-refractivity contribution >= 4 is 23.1 Å². The second-order valence-electron chi connectivity index (χ2n) is 4.97. The fourth-order valence-electron chi connectivity index (χ4n) is 1.58. The summed E-state index contributed by atoms with van der Waals surface area (Å²) in [5, 5.41) is 5.20. The minimum absolute atomic E-state index is 0.679. The van der Waals surface area contributed by atoms with Gasteiger partial charge >= 0.3 is 0 Å². The van der Waals surface area contributed by atoms with Gasteiger partial charge in [-0.3, -0.25) is 0 Å². The molecule has 0 saturated carbocycles. The number of nitrogens with zero attached hydrogens (tertiary/aromatic N) is 1. The number of hydrogen-bond donors (Lipinski definition) is 1. The average Bonchev–Trinajstić information content (AvgIpc) is 2.58. The van der Waals surface area contributed by atoms with Crippen molar-refractivity contribution < 1.29 is 0 Å². The van der Waals surface area contributed by atoms with E-state index in [0.29, 0.717) is 11.2 Å². The van der Waals surface area contributed by atoms with Crippen LogP contribution in [-0.4, -0.2) is 17.3 Å². The van der Waals surface area contributed by atoms with E-state index in [1.165, 1.54) is 15.6 Å². The molecule has 1 rings (SSSR count). The fraction of sp³-hybridized carbons (Fsp3) is 0.769. The molecule has 17 heavy (non-hydrogen) atoms.